The number of fused-ring (bicyclic) bond motifs is 3. The number of primary amides is 1. The topological polar surface area (TPSA) is 190 Å². The number of aliphatic hydroxyl groups is 3. The van der Waals surface area contributed by atoms with Crippen LogP contribution in [0.2, 0.25) is 0 Å². The van der Waals surface area contributed by atoms with Crippen LogP contribution in [0.25, 0.3) is 5.76 Å². The summed E-state index contributed by atoms with van der Waals surface area (Å²) in [5, 5.41) is 47.1. The maximum atomic E-state index is 13.6. The van der Waals surface area contributed by atoms with Crippen molar-refractivity contribution in [2.24, 2.45) is 17.6 Å². The van der Waals surface area contributed by atoms with Crippen LogP contribution in [0.4, 0.5) is 0 Å². The average molecular weight is 514 g/mol. The second-order valence-corrected chi connectivity index (χ2v) is 10.2. The number of benzene rings is 1. The van der Waals surface area contributed by atoms with Crippen molar-refractivity contribution in [3.05, 3.63) is 45.2 Å². The van der Waals surface area contributed by atoms with Crippen molar-refractivity contribution < 1.29 is 39.6 Å². The van der Waals surface area contributed by atoms with Crippen LogP contribution in [-0.4, -0.2) is 74.9 Å². The van der Waals surface area contributed by atoms with Gasteiger partial charge in [0.15, 0.2) is 11.4 Å². The molecule has 0 radical (unpaired) electrons. The highest BCUT2D eigenvalue weighted by Crippen LogP contribution is 2.52. The lowest BCUT2D eigenvalue weighted by Gasteiger charge is -2.46. The first-order chi connectivity index (χ1) is 17.3. The van der Waals surface area contributed by atoms with Gasteiger partial charge >= 0.3 is 0 Å². The molecule has 1 saturated carbocycles. The Morgan fingerprint density at radius 2 is 1.84 bits per heavy atom. The molecule has 0 aromatic heterocycles. The van der Waals surface area contributed by atoms with Crippen LogP contribution in [0.5, 0.6) is 5.75 Å². The van der Waals surface area contributed by atoms with Gasteiger partial charge < -0.3 is 36.4 Å². The normalized spacial score (nSPS) is 25.1. The number of aliphatic hydroxyl groups excluding tert-OH is 2. The third kappa shape index (κ3) is 4.08. The van der Waals surface area contributed by atoms with Gasteiger partial charge in [-0.3, -0.25) is 19.2 Å². The fraction of sp³-hybridized carbons (Fsp3) is 0.462. The number of hydrogen-bond donors (Lipinski definition) is 6. The maximum Gasteiger partial charge on any atom is 0.255 e. The van der Waals surface area contributed by atoms with Gasteiger partial charge in [-0.2, -0.15) is 0 Å². The van der Waals surface area contributed by atoms with Crippen molar-refractivity contribution in [2.75, 3.05) is 20.6 Å². The zero-order valence-electron chi connectivity index (χ0n) is 20.9. The van der Waals surface area contributed by atoms with E-state index in [1.165, 1.54) is 0 Å². The highest BCUT2D eigenvalue weighted by molar-refractivity contribution is 6.22. The molecule has 1 fully saturated rings. The third-order valence-electron chi connectivity index (χ3n) is 7.55. The van der Waals surface area contributed by atoms with Gasteiger partial charge in [0.05, 0.1) is 12.1 Å². The van der Waals surface area contributed by atoms with E-state index in [-0.39, 0.29) is 55.1 Å². The lowest BCUT2D eigenvalue weighted by atomic mass is 9.59. The van der Waals surface area contributed by atoms with Crippen LogP contribution < -0.4 is 11.1 Å². The Kier molecular flexibility index (Phi) is 6.63. The van der Waals surface area contributed by atoms with E-state index in [9.17, 15) is 39.6 Å². The molecule has 7 N–H and O–H groups in total. The van der Waals surface area contributed by atoms with Crippen molar-refractivity contribution in [3.8, 4) is 5.75 Å². The third-order valence-corrected chi connectivity index (χ3v) is 7.55. The molecule has 198 valence electrons. The number of rotatable bonds is 6. The Morgan fingerprint density at radius 3 is 2.43 bits per heavy atom. The zero-order valence-corrected chi connectivity index (χ0v) is 20.9. The van der Waals surface area contributed by atoms with Gasteiger partial charge in [0, 0.05) is 30.0 Å². The first-order valence-corrected chi connectivity index (χ1v) is 12.1. The fourth-order valence-electron chi connectivity index (χ4n) is 5.82. The molecule has 11 nitrogen and oxygen atoms in total. The molecule has 0 saturated heterocycles. The number of likely N-dealkylation sites (N-methyl/N-ethyl adjacent to an activating group) is 1. The number of nitrogens with zero attached hydrogens (tertiary/aromatic N) is 1. The minimum absolute atomic E-state index is 0.0155. The van der Waals surface area contributed by atoms with Crippen molar-refractivity contribution in [1.82, 2.24) is 10.2 Å². The van der Waals surface area contributed by atoms with Crippen LogP contribution in [0.3, 0.4) is 0 Å². The Morgan fingerprint density at radius 1 is 1.16 bits per heavy atom. The van der Waals surface area contributed by atoms with Crippen molar-refractivity contribution in [3.63, 3.8) is 0 Å². The summed E-state index contributed by atoms with van der Waals surface area (Å²) in [7, 11) is 3.49. The second kappa shape index (κ2) is 9.31. The number of carbonyl (C=O) groups excluding carboxylic acids is 4. The molecule has 4 rings (SSSR count). The molecule has 37 heavy (non-hydrogen) atoms. The summed E-state index contributed by atoms with van der Waals surface area (Å²) < 4.78 is 0. The molecule has 1 aromatic rings. The summed E-state index contributed by atoms with van der Waals surface area (Å²) in [4.78, 5) is 51.7. The number of ketones is 2. The van der Waals surface area contributed by atoms with Crippen molar-refractivity contribution >= 4 is 29.1 Å². The standard InChI is InChI=1S/C26H31N3O8/c1-4-11-5-13(9-28-17(31)10-29(2)3)21(32)19-15(11)7-12-6-14-8-16(30)20(25(27)36)24(35)26(14,37)23(34)18(12)22(19)33/h5,12,14,32-33,35,37H,4,6-10H2,1-3H3,(H2,27,36)(H,28,31)/t12-,14+,26+/m1/s1. The molecule has 2 amide bonds. The molecule has 3 atom stereocenters. The number of amides is 2. The Hall–Kier alpha value is -3.70. The summed E-state index contributed by atoms with van der Waals surface area (Å²) in [6.07, 6.45) is 0.509. The van der Waals surface area contributed by atoms with Gasteiger partial charge in [-0.1, -0.05) is 13.0 Å². The van der Waals surface area contributed by atoms with E-state index >= 15 is 0 Å². The van der Waals surface area contributed by atoms with E-state index in [2.05, 4.69) is 5.32 Å². The molecule has 0 heterocycles. The predicted octanol–water partition coefficient (Wildman–Crippen LogP) is 0.164. The number of phenolic OH excluding ortho intramolecular Hbond substituents is 1. The van der Waals surface area contributed by atoms with Gasteiger partial charge in [0.25, 0.3) is 5.91 Å². The van der Waals surface area contributed by atoms with Crippen LogP contribution in [-0.2, 0) is 38.6 Å². The molecule has 3 aliphatic rings. The van der Waals surface area contributed by atoms with Crippen molar-refractivity contribution in [1.29, 1.82) is 0 Å². The molecular weight excluding hydrogens is 482 g/mol. The van der Waals surface area contributed by atoms with Gasteiger partial charge in [0.1, 0.15) is 22.8 Å². The van der Waals surface area contributed by atoms with Crippen LogP contribution >= 0.6 is 0 Å². The number of aryl methyl sites for hydroxylation is 1. The number of aromatic hydroxyl groups is 1. The van der Waals surface area contributed by atoms with E-state index in [1.807, 2.05) is 6.92 Å². The molecule has 3 aliphatic carbocycles. The summed E-state index contributed by atoms with van der Waals surface area (Å²) in [6.45, 7) is 2.03. The lowest BCUT2D eigenvalue weighted by Crippen LogP contribution is -2.58. The number of nitrogens with two attached hydrogens (primary N) is 1. The van der Waals surface area contributed by atoms with Crippen LogP contribution in [0.1, 0.15) is 42.0 Å². The molecule has 0 spiro atoms. The van der Waals surface area contributed by atoms with E-state index < -0.39 is 52.0 Å². The van der Waals surface area contributed by atoms with Gasteiger partial charge in [-0.05, 0) is 50.4 Å². The number of carbonyl (C=O) groups is 4. The maximum absolute atomic E-state index is 13.6. The fourth-order valence-corrected chi connectivity index (χ4v) is 5.82. The monoisotopic (exact) mass is 513 g/mol. The molecular formula is C26H31N3O8. The largest absolute Gasteiger partial charge is 0.508 e. The van der Waals surface area contributed by atoms with Crippen LogP contribution in [0, 0.1) is 11.8 Å². The molecule has 0 bridgehead atoms. The molecule has 11 heteroatoms. The predicted molar refractivity (Wildman–Crippen MR) is 131 cm³/mol. The number of Topliss-reactive ketones (excluding diaryl/α,β-unsaturated/α-hetero) is 2. The van der Waals surface area contributed by atoms with Gasteiger partial charge in [0.2, 0.25) is 11.7 Å². The summed E-state index contributed by atoms with van der Waals surface area (Å²) in [5.74, 6) is -6.87. The van der Waals surface area contributed by atoms with E-state index in [4.69, 9.17) is 5.73 Å². The van der Waals surface area contributed by atoms with Gasteiger partial charge in [-0.25, -0.2) is 0 Å². The zero-order chi connectivity index (χ0) is 27.4. The highest BCUT2D eigenvalue weighted by Gasteiger charge is 2.60. The average Bonchev–Trinajstić information content (AvgIpc) is 2.80. The first kappa shape index (κ1) is 26.4. The number of nitrogens with one attached hydrogen (secondary N) is 1. The van der Waals surface area contributed by atoms with E-state index in [1.54, 1.807) is 25.1 Å². The second-order valence-electron chi connectivity index (χ2n) is 10.2. The lowest BCUT2D eigenvalue weighted by molar-refractivity contribution is -0.147. The summed E-state index contributed by atoms with van der Waals surface area (Å²) >= 11 is 0. The van der Waals surface area contributed by atoms with E-state index in [0.29, 0.717) is 17.5 Å². The van der Waals surface area contributed by atoms with E-state index in [0.717, 1.165) is 5.56 Å². The minimum atomic E-state index is -2.60. The number of phenols is 1. The first-order valence-electron chi connectivity index (χ1n) is 12.1. The van der Waals surface area contributed by atoms with Crippen LogP contribution in [0.15, 0.2) is 23.0 Å². The quantitative estimate of drug-likeness (QED) is 0.288. The SMILES string of the molecule is CCc1cc(CNC(=O)CN(C)C)c(O)c2c1C[C@H]1C[C@H]3CC(=O)C(C(N)=O)=C(O)[C@@]3(O)C(=O)C1=C2O. The van der Waals surface area contributed by atoms with Gasteiger partial charge in [-0.15, -0.1) is 0 Å². The molecule has 0 unspecified atom stereocenters. The minimum Gasteiger partial charge on any atom is -0.508 e. The Balaban J connectivity index is 1.82. The molecule has 1 aromatic carbocycles. The molecule has 0 aliphatic heterocycles. The Labute approximate surface area is 213 Å². The number of hydrogen-bond acceptors (Lipinski definition) is 9. The summed E-state index contributed by atoms with van der Waals surface area (Å²) in [6, 6.07) is 1.75. The highest BCUT2D eigenvalue weighted by atomic mass is 16.3. The summed E-state index contributed by atoms with van der Waals surface area (Å²) in [5.41, 5.74) is 3.41. The smallest absolute Gasteiger partial charge is 0.255 e. The Bertz CT molecular complexity index is 1290. The van der Waals surface area contributed by atoms with Crippen molar-refractivity contribution in [2.45, 2.75) is 44.8 Å².